The molecule has 1 aliphatic carbocycles. The molecular weight excluding hydrogens is 266 g/mol. The number of nitrogens with zero attached hydrogens (tertiary/aromatic N) is 1. The van der Waals surface area contributed by atoms with Crippen LogP contribution in [0.1, 0.15) is 11.3 Å². The zero-order chi connectivity index (χ0) is 14.7. The van der Waals surface area contributed by atoms with E-state index in [1.54, 1.807) is 31.7 Å². The molecule has 5 radical (unpaired) electrons. The Balaban J connectivity index is 1.60. The molecule has 4 heteroatoms. The van der Waals surface area contributed by atoms with Crippen molar-refractivity contribution in [2.75, 3.05) is 0 Å². The summed E-state index contributed by atoms with van der Waals surface area (Å²) in [5, 5.41) is 3.99. The monoisotopic (exact) mass is 280 g/mol. The van der Waals surface area contributed by atoms with Crippen molar-refractivity contribution in [3.05, 3.63) is 73.3 Å². The second-order valence-corrected chi connectivity index (χ2v) is 4.79. The van der Waals surface area contributed by atoms with Crippen LogP contribution in [0.4, 0.5) is 0 Å². The van der Waals surface area contributed by atoms with E-state index in [0.29, 0.717) is 11.7 Å². The third-order valence-electron chi connectivity index (χ3n) is 3.15. The van der Waals surface area contributed by atoms with Gasteiger partial charge in [0.05, 0.1) is 5.92 Å². The van der Waals surface area contributed by atoms with Gasteiger partial charge in [0.1, 0.15) is 5.69 Å². The molecule has 1 heterocycles. The summed E-state index contributed by atoms with van der Waals surface area (Å²) in [6.07, 6.45) is 7.00. The molecule has 0 aliphatic heterocycles. The van der Waals surface area contributed by atoms with Gasteiger partial charge >= 0.3 is 5.97 Å². The van der Waals surface area contributed by atoms with Gasteiger partial charge in [0, 0.05) is 11.6 Å². The van der Waals surface area contributed by atoms with Gasteiger partial charge in [-0.15, -0.1) is 0 Å². The van der Waals surface area contributed by atoms with Gasteiger partial charge in [-0.05, 0) is 32.6 Å². The van der Waals surface area contributed by atoms with Crippen LogP contribution < -0.4 is 0 Å². The van der Waals surface area contributed by atoms with Crippen molar-refractivity contribution in [2.24, 2.45) is 0 Å². The molecule has 1 aromatic carbocycles. The molecule has 1 aliphatic rings. The third-order valence-corrected chi connectivity index (χ3v) is 3.15. The number of carbonyl (C=O) groups excluding carboxylic acids is 1. The Morgan fingerprint density at radius 2 is 1.90 bits per heavy atom. The molecule has 1 fully saturated rings. The minimum absolute atomic E-state index is 0.0723. The summed E-state index contributed by atoms with van der Waals surface area (Å²) < 4.78 is 10.4. The van der Waals surface area contributed by atoms with Crippen molar-refractivity contribution in [1.29, 1.82) is 0 Å². The fourth-order valence-electron chi connectivity index (χ4n) is 1.97. The largest absolute Gasteiger partial charge is 0.457 e. The number of aryl methyl sites for hydroxylation is 1. The first-order valence-corrected chi connectivity index (χ1v) is 6.64. The fourth-order valence-corrected chi connectivity index (χ4v) is 1.97. The van der Waals surface area contributed by atoms with Crippen molar-refractivity contribution in [2.45, 2.75) is 13.5 Å². The summed E-state index contributed by atoms with van der Waals surface area (Å²) in [6.45, 7) is 2.10. The summed E-state index contributed by atoms with van der Waals surface area (Å²) >= 11 is 0. The van der Waals surface area contributed by atoms with Crippen LogP contribution in [0, 0.1) is 38.5 Å². The quantitative estimate of drug-likeness (QED) is 0.807. The van der Waals surface area contributed by atoms with Gasteiger partial charge in [-0.25, -0.2) is 0 Å². The van der Waals surface area contributed by atoms with Crippen LogP contribution in [0.3, 0.4) is 0 Å². The van der Waals surface area contributed by atoms with Crippen LogP contribution in [-0.4, -0.2) is 11.1 Å². The SMILES string of the molecule is Cc1ccc(-c2cc(COC(=O)[C]3[CH][CH][CH][CH]3)on2)cc1. The van der Waals surface area contributed by atoms with Gasteiger partial charge in [-0.2, -0.15) is 0 Å². The van der Waals surface area contributed by atoms with E-state index >= 15 is 0 Å². The van der Waals surface area contributed by atoms with Crippen molar-refractivity contribution >= 4 is 5.97 Å². The van der Waals surface area contributed by atoms with Crippen molar-refractivity contribution in [3.63, 3.8) is 0 Å². The molecule has 4 nitrogen and oxygen atoms in total. The number of carbonyl (C=O) groups is 1. The number of hydrogen-bond donors (Lipinski definition) is 0. The van der Waals surface area contributed by atoms with E-state index in [9.17, 15) is 4.79 Å². The lowest BCUT2D eigenvalue weighted by molar-refractivity contribution is -0.142. The maximum absolute atomic E-state index is 11.7. The Kier molecular flexibility index (Phi) is 4.04. The van der Waals surface area contributed by atoms with Crippen LogP contribution >= 0.6 is 0 Å². The molecule has 3 rings (SSSR count). The summed E-state index contributed by atoms with van der Waals surface area (Å²) in [5.41, 5.74) is 2.89. The van der Waals surface area contributed by atoms with Gasteiger partial charge in [-0.3, -0.25) is 4.79 Å². The van der Waals surface area contributed by atoms with Crippen molar-refractivity contribution in [1.82, 2.24) is 5.16 Å². The van der Waals surface area contributed by atoms with E-state index in [1.807, 2.05) is 31.2 Å². The van der Waals surface area contributed by atoms with Gasteiger partial charge in [-0.1, -0.05) is 35.0 Å². The lowest BCUT2D eigenvalue weighted by Crippen LogP contribution is -2.13. The van der Waals surface area contributed by atoms with Gasteiger partial charge in [0.25, 0.3) is 0 Å². The first-order chi connectivity index (χ1) is 10.2. The standard InChI is InChI=1S/C17H14NO3/c1-12-6-8-13(9-7-12)16-10-15(21-18-16)11-20-17(19)14-4-2-3-5-14/h2-10H,11H2,1H3. The van der Waals surface area contributed by atoms with Crippen molar-refractivity contribution in [3.8, 4) is 11.3 Å². The zero-order valence-corrected chi connectivity index (χ0v) is 11.6. The highest BCUT2D eigenvalue weighted by atomic mass is 16.5. The van der Waals surface area contributed by atoms with Crippen LogP contribution in [-0.2, 0) is 16.1 Å². The van der Waals surface area contributed by atoms with E-state index in [1.165, 1.54) is 5.56 Å². The molecule has 2 aromatic rings. The van der Waals surface area contributed by atoms with Crippen LogP contribution in [0.25, 0.3) is 11.3 Å². The Bertz CT molecular complexity index is 609. The molecule has 0 bridgehead atoms. The van der Waals surface area contributed by atoms with E-state index in [4.69, 9.17) is 9.26 Å². The molecule has 0 amide bonds. The number of ether oxygens (including phenoxy) is 1. The maximum Gasteiger partial charge on any atom is 0.314 e. The van der Waals surface area contributed by atoms with Gasteiger partial charge in [0.15, 0.2) is 12.4 Å². The second-order valence-electron chi connectivity index (χ2n) is 4.79. The molecule has 105 valence electrons. The summed E-state index contributed by atoms with van der Waals surface area (Å²) in [4.78, 5) is 11.7. The van der Waals surface area contributed by atoms with Crippen LogP contribution in [0.2, 0.25) is 0 Å². The third kappa shape index (κ3) is 3.32. The normalized spacial score (nSPS) is 15.3. The van der Waals surface area contributed by atoms with Crippen LogP contribution in [0.5, 0.6) is 0 Å². The molecule has 0 atom stereocenters. The van der Waals surface area contributed by atoms with Crippen LogP contribution in [0.15, 0.2) is 34.9 Å². The lowest BCUT2D eigenvalue weighted by Gasteiger charge is -2.06. The highest BCUT2D eigenvalue weighted by molar-refractivity contribution is 5.91. The zero-order valence-electron chi connectivity index (χ0n) is 11.6. The molecule has 0 spiro atoms. The molecule has 1 saturated carbocycles. The molecule has 0 N–H and O–H groups in total. The average Bonchev–Trinajstić information content (AvgIpc) is 3.17. The highest BCUT2D eigenvalue weighted by Gasteiger charge is 2.26. The topological polar surface area (TPSA) is 52.3 Å². The maximum atomic E-state index is 11.7. The number of esters is 1. The minimum Gasteiger partial charge on any atom is -0.457 e. The lowest BCUT2D eigenvalue weighted by atomic mass is 10.1. The first-order valence-electron chi connectivity index (χ1n) is 6.64. The van der Waals surface area contributed by atoms with Gasteiger partial charge in [0.2, 0.25) is 0 Å². The highest BCUT2D eigenvalue weighted by Crippen LogP contribution is 2.25. The minimum atomic E-state index is -0.367. The smallest absolute Gasteiger partial charge is 0.314 e. The second kappa shape index (κ2) is 6.12. The Labute approximate surface area is 124 Å². The van der Waals surface area contributed by atoms with Crippen molar-refractivity contribution < 1.29 is 14.1 Å². The molecule has 21 heavy (non-hydrogen) atoms. The Morgan fingerprint density at radius 1 is 1.19 bits per heavy atom. The summed E-state index contributed by atoms with van der Waals surface area (Å²) in [5.74, 6) is 0.687. The van der Waals surface area contributed by atoms with E-state index < -0.39 is 0 Å². The van der Waals surface area contributed by atoms with E-state index in [0.717, 1.165) is 11.3 Å². The molecule has 1 aromatic heterocycles. The fraction of sp³-hybridized carbons (Fsp3) is 0.118. The predicted molar refractivity (Wildman–Crippen MR) is 76.9 cm³/mol. The van der Waals surface area contributed by atoms with E-state index in [2.05, 4.69) is 5.16 Å². The predicted octanol–water partition coefficient (Wildman–Crippen LogP) is 3.10. The number of benzene rings is 1. The number of hydrogen-bond acceptors (Lipinski definition) is 4. The number of rotatable bonds is 4. The van der Waals surface area contributed by atoms with E-state index in [-0.39, 0.29) is 12.6 Å². The first kappa shape index (κ1) is 13.9. The average molecular weight is 280 g/mol. The molecular formula is C17H14NO3. The van der Waals surface area contributed by atoms with Gasteiger partial charge < -0.3 is 9.26 Å². The molecule has 0 saturated heterocycles. The summed E-state index contributed by atoms with van der Waals surface area (Å²) in [7, 11) is 0. The number of aromatic nitrogens is 1. The Hall–Kier alpha value is -2.10. The Morgan fingerprint density at radius 3 is 2.62 bits per heavy atom. The summed E-state index contributed by atoms with van der Waals surface area (Å²) in [6, 6.07) is 9.76. The molecule has 0 unspecified atom stereocenters.